The molecule has 0 saturated carbocycles. The summed E-state index contributed by atoms with van der Waals surface area (Å²) in [6, 6.07) is 13.5. The minimum Gasteiger partial charge on any atom is -0.356 e. The first-order chi connectivity index (χ1) is 15.8. The number of nitrogens with zero attached hydrogens (tertiary/aromatic N) is 3. The van der Waals surface area contributed by atoms with Gasteiger partial charge in [-0.3, -0.25) is 4.79 Å². The molecule has 174 valence electrons. The van der Waals surface area contributed by atoms with E-state index in [1.54, 1.807) is 12.1 Å². The quantitative estimate of drug-likeness (QED) is 0.470. The highest BCUT2D eigenvalue weighted by molar-refractivity contribution is 9.10. The average Bonchev–Trinajstić information content (AvgIpc) is 2.79. The van der Waals surface area contributed by atoms with E-state index in [1.165, 1.54) is 6.07 Å². The van der Waals surface area contributed by atoms with Gasteiger partial charge < -0.3 is 15.1 Å². The Kier molecular flexibility index (Phi) is 7.29. The molecule has 1 N–H and O–H groups in total. The number of benzene rings is 2. The van der Waals surface area contributed by atoms with Crippen LogP contribution in [-0.4, -0.2) is 49.0 Å². The average molecular weight is 513 g/mol. The number of carbonyl (C=O) groups excluding carboxylic acids is 1. The van der Waals surface area contributed by atoms with E-state index in [0.717, 1.165) is 53.9 Å². The molecule has 1 aliphatic rings. The van der Waals surface area contributed by atoms with Crippen LogP contribution in [0.1, 0.15) is 30.4 Å². The normalized spacial score (nSPS) is 14.8. The maximum Gasteiger partial charge on any atom is 0.224 e. The lowest BCUT2D eigenvalue weighted by atomic mass is 10.0. The number of amides is 1. The predicted molar refractivity (Wildman–Crippen MR) is 136 cm³/mol. The number of piperidine rings is 1. The van der Waals surface area contributed by atoms with Gasteiger partial charge >= 0.3 is 0 Å². The highest BCUT2D eigenvalue weighted by atomic mass is 79.9. The summed E-state index contributed by atoms with van der Waals surface area (Å²) in [5.74, 6) is 0.583. The van der Waals surface area contributed by atoms with Crippen LogP contribution in [-0.2, 0) is 11.2 Å². The van der Waals surface area contributed by atoms with E-state index in [1.807, 2.05) is 18.2 Å². The zero-order valence-electron chi connectivity index (χ0n) is 19.4. The second kappa shape index (κ2) is 10.2. The van der Waals surface area contributed by atoms with Crippen molar-refractivity contribution in [1.29, 1.82) is 0 Å². The van der Waals surface area contributed by atoms with Crippen molar-refractivity contribution >= 4 is 44.2 Å². The van der Waals surface area contributed by atoms with Gasteiger partial charge in [-0.05, 0) is 87.8 Å². The van der Waals surface area contributed by atoms with Gasteiger partial charge in [-0.25, -0.2) is 9.37 Å². The molecule has 1 aliphatic heterocycles. The van der Waals surface area contributed by atoms with Gasteiger partial charge in [-0.15, -0.1) is 0 Å². The number of fused-ring (bicyclic) bond motifs is 1. The Morgan fingerprint density at radius 2 is 1.94 bits per heavy atom. The highest BCUT2D eigenvalue weighted by Crippen LogP contribution is 2.27. The van der Waals surface area contributed by atoms with Gasteiger partial charge in [0.15, 0.2) is 0 Å². The minimum absolute atomic E-state index is 0.136. The number of anilines is 2. The Balaban J connectivity index is 1.42. The molecule has 0 unspecified atom stereocenters. The smallest absolute Gasteiger partial charge is 0.224 e. The molecule has 5 nitrogen and oxygen atoms in total. The Labute approximate surface area is 203 Å². The van der Waals surface area contributed by atoms with Gasteiger partial charge in [0.2, 0.25) is 5.91 Å². The molecule has 1 aromatic heterocycles. The van der Waals surface area contributed by atoms with Gasteiger partial charge in [0.05, 0.1) is 5.52 Å². The largest absolute Gasteiger partial charge is 0.356 e. The van der Waals surface area contributed by atoms with E-state index in [-0.39, 0.29) is 18.1 Å². The van der Waals surface area contributed by atoms with Crippen molar-refractivity contribution in [2.75, 3.05) is 37.4 Å². The number of aromatic nitrogens is 1. The van der Waals surface area contributed by atoms with Crippen molar-refractivity contribution in [1.82, 2.24) is 9.88 Å². The number of nitrogens with one attached hydrogen (secondary N) is 1. The van der Waals surface area contributed by atoms with Crippen molar-refractivity contribution in [3.63, 3.8) is 0 Å². The maximum atomic E-state index is 14.0. The lowest BCUT2D eigenvalue weighted by Gasteiger charge is -2.36. The number of hydrogen-bond acceptors (Lipinski definition) is 4. The number of aryl methyl sites for hydroxylation is 2. The number of halogens is 2. The molecule has 3 aromatic rings. The van der Waals surface area contributed by atoms with E-state index < -0.39 is 0 Å². The minimum atomic E-state index is -0.300. The molecule has 2 aromatic carbocycles. The van der Waals surface area contributed by atoms with Gasteiger partial charge in [-0.1, -0.05) is 22.0 Å². The number of pyridine rings is 1. The fourth-order valence-corrected chi connectivity index (χ4v) is 4.76. The van der Waals surface area contributed by atoms with Crippen LogP contribution in [0.25, 0.3) is 10.9 Å². The lowest BCUT2D eigenvalue weighted by molar-refractivity contribution is -0.116. The van der Waals surface area contributed by atoms with Crippen LogP contribution in [0.15, 0.2) is 46.9 Å². The van der Waals surface area contributed by atoms with Crippen molar-refractivity contribution in [3.8, 4) is 0 Å². The summed E-state index contributed by atoms with van der Waals surface area (Å²) < 4.78 is 14.7. The predicted octanol–water partition coefficient (Wildman–Crippen LogP) is 5.55. The van der Waals surface area contributed by atoms with Crippen LogP contribution >= 0.6 is 15.9 Å². The van der Waals surface area contributed by atoms with E-state index in [0.29, 0.717) is 22.5 Å². The Bertz CT molecular complexity index is 1160. The topological polar surface area (TPSA) is 48.5 Å². The van der Waals surface area contributed by atoms with Gasteiger partial charge in [0.25, 0.3) is 0 Å². The molecule has 1 amide bonds. The third-order valence-corrected chi connectivity index (χ3v) is 6.93. The molecule has 0 aliphatic carbocycles. The first-order valence-electron chi connectivity index (χ1n) is 11.4. The SMILES string of the molecule is Cc1cc(N2CCC(N(C)C)CC2)nc2ccc(NC(=O)CCc3ccc(Br)cc3F)cc12. The van der Waals surface area contributed by atoms with Crippen LogP contribution in [0.3, 0.4) is 0 Å². The van der Waals surface area contributed by atoms with Gasteiger partial charge in [0.1, 0.15) is 11.6 Å². The molecule has 1 saturated heterocycles. The highest BCUT2D eigenvalue weighted by Gasteiger charge is 2.22. The van der Waals surface area contributed by atoms with E-state index in [4.69, 9.17) is 4.98 Å². The van der Waals surface area contributed by atoms with E-state index in [2.05, 4.69) is 58.1 Å². The number of carbonyl (C=O) groups is 1. The van der Waals surface area contributed by atoms with Crippen LogP contribution in [0, 0.1) is 12.7 Å². The summed E-state index contributed by atoms with van der Waals surface area (Å²) in [4.78, 5) is 22.0. The third kappa shape index (κ3) is 5.71. The lowest BCUT2D eigenvalue weighted by Crippen LogP contribution is -2.42. The summed E-state index contributed by atoms with van der Waals surface area (Å²) in [5, 5.41) is 3.97. The molecule has 1 fully saturated rings. The molecule has 4 rings (SSSR count). The van der Waals surface area contributed by atoms with Crippen LogP contribution in [0.5, 0.6) is 0 Å². The van der Waals surface area contributed by atoms with Crippen LogP contribution in [0.4, 0.5) is 15.9 Å². The summed E-state index contributed by atoms with van der Waals surface area (Å²) in [5.41, 5.74) is 3.33. The molecular formula is C26H30BrFN4O. The molecule has 7 heteroatoms. The zero-order valence-corrected chi connectivity index (χ0v) is 21.0. The molecule has 33 heavy (non-hydrogen) atoms. The second-order valence-corrected chi connectivity index (χ2v) is 9.91. The molecule has 0 spiro atoms. The van der Waals surface area contributed by atoms with Gasteiger partial charge in [0, 0.05) is 41.1 Å². The summed E-state index contributed by atoms with van der Waals surface area (Å²) in [7, 11) is 4.29. The third-order valence-electron chi connectivity index (χ3n) is 6.44. The van der Waals surface area contributed by atoms with Crippen molar-refractivity contribution < 1.29 is 9.18 Å². The molecule has 0 atom stereocenters. The van der Waals surface area contributed by atoms with Gasteiger partial charge in [-0.2, -0.15) is 0 Å². The molecular weight excluding hydrogens is 483 g/mol. The Hall–Kier alpha value is -2.51. The zero-order chi connectivity index (χ0) is 23.5. The fraction of sp³-hybridized carbons (Fsp3) is 0.385. The second-order valence-electron chi connectivity index (χ2n) is 9.00. The number of hydrogen-bond donors (Lipinski definition) is 1. The van der Waals surface area contributed by atoms with Crippen LogP contribution < -0.4 is 10.2 Å². The number of rotatable bonds is 6. The summed E-state index contributed by atoms with van der Waals surface area (Å²) in [6.45, 7) is 4.10. The standard InChI is InChI=1S/C26H30BrFN4O/c1-17-14-25(32-12-10-21(11-13-32)31(2)3)30-24-8-7-20(16-22(17)24)29-26(33)9-5-18-4-6-19(27)15-23(18)28/h4,6-8,14-16,21H,5,9-13H2,1-3H3,(H,29,33). The maximum absolute atomic E-state index is 14.0. The summed E-state index contributed by atoms with van der Waals surface area (Å²) in [6.07, 6.45) is 2.85. The van der Waals surface area contributed by atoms with Crippen LogP contribution in [0.2, 0.25) is 0 Å². The van der Waals surface area contributed by atoms with Crippen molar-refractivity contribution in [2.45, 2.75) is 38.6 Å². The molecule has 0 radical (unpaired) electrons. The summed E-state index contributed by atoms with van der Waals surface area (Å²) >= 11 is 3.25. The van der Waals surface area contributed by atoms with E-state index in [9.17, 15) is 9.18 Å². The first kappa shape index (κ1) is 23.6. The van der Waals surface area contributed by atoms with Crippen molar-refractivity contribution in [3.05, 3.63) is 63.9 Å². The first-order valence-corrected chi connectivity index (χ1v) is 12.2. The monoisotopic (exact) mass is 512 g/mol. The van der Waals surface area contributed by atoms with Crippen molar-refractivity contribution in [2.24, 2.45) is 0 Å². The molecule has 2 heterocycles. The van der Waals surface area contributed by atoms with E-state index >= 15 is 0 Å². The fourth-order valence-electron chi connectivity index (χ4n) is 4.42. The molecule has 0 bridgehead atoms. The Morgan fingerprint density at radius 3 is 2.64 bits per heavy atom. The Morgan fingerprint density at radius 1 is 1.18 bits per heavy atom.